The first-order chi connectivity index (χ1) is 15.5. The summed E-state index contributed by atoms with van der Waals surface area (Å²) in [5.74, 6) is 0.854. The van der Waals surface area contributed by atoms with Crippen LogP contribution in [0.1, 0.15) is 5.56 Å². The molecule has 1 amide bonds. The number of amides is 1. The van der Waals surface area contributed by atoms with Crippen molar-refractivity contribution in [3.05, 3.63) is 87.8 Å². The van der Waals surface area contributed by atoms with E-state index in [0.717, 1.165) is 11.3 Å². The topological polar surface area (TPSA) is 99.2 Å². The number of methoxy groups -OCH3 is 1. The van der Waals surface area contributed by atoms with Gasteiger partial charge in [-0.3, -0.25) is 9.59 Å². The largest absolute Gasteiger partial charge is 0.497 e. The fraction of sp³-hybridized carbons (Fsp3) is 0.130. The van der Waals surface area contributed by atoms with Gasteiger partial charge in [0, 0.05) is 23.3 Å². The number of halogens is 1. The molecular weight excluding hydrogens is 432 g/mol. The molecule has 0 aliphatic carbocycles. The maximum Gasteiger partial charge on any atom is 0.263 e. The first-order valence-corrected chi connectivity index (χ1v) is 10.1. The maximum atomic E-state index is 12.9. The van der Waals surface area contributed by atoms with Gasteiger partial charge in [0.25, 0.3) is 11.4 Å². The lowest BCUT2D eigenvalue weighted by atomic mass is 10.2. The number of carbonyl (C=O) groups excluding carboxylic acids is 1. The van der Waals surface area contributed by atoms with Gasteiger partial charge in [-0.25, -0.2) is 0 Å². The fourth-order valence-corrected chi connectivity index (χ4v) is 3.15. The Morgan fingerprint density at radius 2 is 1.88 bits per heavy atom. The van der Waals surface area contributed by atoms with Crippen LogP contribution in [-0.2, 0) is 17.9 Å². The van der Waals surface area contributed by atoms with E-state index in [1.807, 2.05) is 24.3 Å². The van der Waals surface area contributed by atoms with E-state index in [-0.39, 0.29) is 23.9 Å². The SMILES string of the molecule is COc1ccc(CNC(=O)Cn2cccc(-c3nc(-c4ccc(Cl)cc4)no3)c2=O)cc1. The molecule has 0 saturated heterocycles. The summed E-state index contributed by atoms with van der Waals surface area (Å²) in [6, 6.07) is 17.5. The summed E-state index contributed by atoms with van der Waals surface area (Å²) in [6.07, 6.45) is 1.54. The van der Waals surface area contributed by atoms with Crippen molar-refractivity contribution in [3.8, 4) is 28.6 Å². The second-order valence-corrected chi connectivity index (χ2v) is 7.35. The zero-order valence-corrected chi connectivity index (χ0v) is 17.9. The van der Waals surface area contributed by atoms with Gasteiger partial charge in [0.05, 0.1) is 7.11 Å². The molecular formula is C23H19ClN4O4. The molecule has 2 heterocycles. The van der Waals surface area contributed by atoms with Crippen molar-refractivity contribution in [2.24, 2.45) is 0 Å². The molecule has 0 aliphatic heterocycles. The van der Waals surface area contributed by atoms with Crippen LogP contribution in [0.15, 0.2) is 76.2 Å². The van der Waals surface area contributed by atoms with Crippen LogP contribution in [0.5, 0.6) is 5.75 Å². The van der Waals surface area contributed by atoms with Gasteiger partial charge in [-0.1, -0.05) is 28.9 Å². The molecule has 32 heavy (non-hydrogen) atoms. The molecule has 0 atom stereocenters. The number of carbonyl (C=O) groups is 1. The van der Waals surface area contributed by atoms with E-state index in [1.165, 1.54) is 10.8 Å². The molecule has 2 aromatic carbocycles. The van der Waals surface area contributed by atoms with Gasteiger partial charge in [0.2, 0.25) is 11.7 Å². The standard InChI is InChI=1S/C23H19ClN4O4/c1-31-18-10-4-15(5-11-18)13-25-20(29)14-28-12-2-3-19(23(28)30)22-26-21(27-32-22)16-6-8-17(24)9-7-16/h2-12H,13-14H2,1H3,(H,25,29). The van der Waals surface area contributed by atoms with Crippen molar-refractivity contribution in [1.82, 2.24) is 20.0 Å². The van der Waals surface area contributed by atoms with Crippen molar-refractivity contribution in [1.29, 1.82) is 0 Å². The average molecular weight is 451 g/mol. The molecule has 4 rings (SSSR count). The highest BCUT2D eigenvalue weighted by Crippen LogP contribution is 2.21. The van der Waals surface area contributed by atoms with Crippen LogP contribution in [0.25, 0.3) is 22.8 Å². The van der Waals surface area contributed by atoms with Gasteiger partial charge >= 0.3 is 0 Å². The molecule has 9 heteroatoms. The lowest BCUT2D eigenvalue weighted by Crippen LogP contribution is -2.32. The van der Waals surface area contributed by atoms with Crippen LogP contribution < -0.4 is 15.6 Å². The highest BCUT2D eigenvalue weighted by molar-refractivity contribution is 6.30. The second-order valence-electron chi connectivity index (χ2n) is 6.91. The first-order valence-electron chi connectivity index (χ1n) is 9.72. The molecule has 0 saturated carbocycles. The lowest BCUT2D eigenvalue weighted by molar-refractivity contribution is -0.121. The first kappa shape index (κ1) is 21.3. The van der Waals surface area contributed by atoms with Crippen LogP contribution in [0.4, 0.5) is 0 Å². The van der Waals surface area contributed by atoms with Crippen molar-refractivity contribution in [2.75, 3.05) is 7.11 Å². The zero-order valence-electron chi connectivity index (χ0n) is 17.1. The van der Waals surface area contributed by atoms with Gasteiger partial charge in [-0.15, -0.1) is 0 Å². The Hall–Kier alpha value is -3.91. The number of ether oxygens (including phenoxy) is 1. The summed E-state index contributed by atoms with van der Waals surface area (Å²) < 4.78 is 11.7. The Balaban J connectivity index is 1.46. The zero-order chi connectivity index (χ0) is 22.5. The number of hydrogen-bond donors (Lipinski definition) is 1. The minimum atomic E-state index is -0.404. The normalized spacial score (nSPS) is 10.7. The minimum Gasteiger partial charge on any atom is -0.497 e. The fourth-order valence-electron chi connectivity index (χ4n) is 3.03. The van der Waals surface area contributed by atoms with Gasteiger partial charge in [-0.05, 0) is 54.1 Å². The van der Waals surface area contributed by atoms with E-state index in [9.17, 15) is 9.59 Å². The predicted molar refractivity (Wildman–Crippen MR) is 119 cm³/mol. The summed E-state index contributed by atoms with van der Waals surface area (Å²) in [6.45, 7) is 0.201. The Morgan fingerprint density at radius 1 is 1.12 bits per heavy atom. The molecule has 162 valence electrons. The van der Waals surface area contributed by atoms with E-state index in [1.54, 1.807) is 43.5 Å². The molecule has 0 radical (unpaired) electrons. The third-order valence-corrected chi connectivity index (χ3v) is 4.99. The molecule has 0 aliphatic rings. The average Bonchev–Trinajstić information content (AvgIpc) is 3.30. The minimum absolute atomic E-state index is 0.0768. The van der Waals surface area contributed by atoms with Crippen LogP contribution in [0.2, 0.25) is 5.02 Å². The summed E-state index contributed by atoms with van der Waals surface area (Å²) in [7, 11) is 1.59. The number of hydrogen-bond acceptors (Lipinski definition) is 6. The van der Waals surface area contributed by atoms with Crippen molar-refractivity contribution in [3.63, 3.8) is 0 Å². The third kappa shape index (κ3) is 4.87. The summed E-state index contributed by atoms with van der Waals surface area (Å²) in [5.41, 5.74) is 1.43. The number of benzene rings is 2. The molecule has 1 N–H and O–H groups in total. The summed E-state index contributed by atoms with van der Waals surface area (Å²) in [5, 5.41) is 7.33. The molecule has 4 aromatic rings. The quantitative estimate of drug-likeness (QED) is 0.462. The van der Waals surface area contributed by atoms with E-state index < -0.39 is 5.56 Å². The number of aromatic nitrogens is 3. The van der Waals surface area contributed by atoms with Crippen molar-refractivity contribution >= 4 is 17.5 Å². The second kappa shape index (κ2) is 9.49. The molecule has 8 nitrogen and oxygen atoms in total. The van der Waals surface area contributed by atoms with Crippen molar-refractivity contribution in [2.45, 2.75) is 13.1 Å². The number of pyridine rings is 1. The highest BCUT2D eigenvalue weighted by atomic mass is 35.5. The Bertz CT molecular complexity index is 1280. The summed E-state index contributed by atoms with van der Waals surface area (Å²) >= 11 is 5.90. The lowest BCUT2D eigenvalue weighted by Gasteiger charge is -2.08. The van der Waals surface area contributed by atoms with E-state index >= 15 is 0 Å². The molecule has 2 aromatic heterocycles. The Labute approximate surface area is 188 Å². The van der Waals surface area contributed by atoms with E-state index in [2.05, 4.69) is 15.5 Å². The van der Waals surface area contributed by atoms with Crippen LogP contribution >= 0.6 is 11.6 Å². The number of rotatable bonds is 7. The van der Waals surface area contributed by atoms with Gasteiger partial charge in [0.1, 0.15) is 17.9 Å². The van der Waals surface area contributed by atoms with Crippen molar-refractivity contribution < 1.29 is 14.1 Å². The third-order valence-electron chi connectivity index (χ3n) is 4.74. The predicted octanol–water partition coefficient (Wildman–Crippen LogP) is 3.54. The molecule has 0 unspecified atom stereocenters. The number of nitrogens with one attached hydrogen (secondary N) is 1. The molecule has 0 bridgehead atoms. The number of nitrogens with zero attached hydrogens (tertiary/aromatic N) is 3. The summed E-state index contributed by atoms with van der Waals surface area (Å²) in [4.78, 5) is 29.5. The highest BCUT2D eigenvalue weighted by Gasteiger charge is 2.16. The smallest absolute Gasteiger partial charge is 0.263 e. The Kier molecular flexibility index (Phi) is 6.32. The molecule has 0 fully saturated rings. The van der Waals surface area contributed by atoms with Gasteiger partial charge in [-0.2, -0.15) is 4.98 Å². The van der Waals surface area contributed by atoms with E-state index in [4.69, 9.17) is 20.9 Å². The molecule has 0 spiro atoms. The van der Waals surface area contributed by atoms with E-state index in [0.29, 0.717) is 23.0 Å². The Morgan fingerprint density at radius 3 is 2.59 bits per heavy atom. The van der Waals surface area contributed by atoms with Crippen LogP contribution in [-0.4, -0.2) is 27.7 Å². The maximum absolute atomic E-state index is 12.9. The van der Waals surface area contributed by atoms with Crippen LogP contribution in [0, 0.1) is 0 Å². The van der Waals surface area contributed by atoms with Gasteiger partial charge in [0.15, 0.2) is 0 Å². The van der Waals surface area contributed by atoms with Gasteiger partial charge < -0.3 is 19.1 Å². The van der Waals surface area contributed by atoms with Crippen LogP contribution in [0.3, 0.4) is 0 Å². The monoisotopic (exact) mass is 450 g/mol.